The van der Waals surface area contributed by atoms with Gasteiger partial charge in [-0.2, -0.15) is 0 Å². The Hall–Kier alpha value is -2.62. The maximum absolute atomic E-state index is 12.8. The highest BCUT2D eigenvalue weighted by Gasteiger charge is 2.28. The molecule has 0 unspecified atom stereocenters. The van der Waals surface area contributed by atoms with E-state index in [4.69, 9.17) is 0 Å². The molecular formula is C21H23N3O. The number of likely N-dealkylation sites (N-methyl/N-ethyl adjacent to an activating group) is 1. The first kappa shape index (κ1) is 15.9. The first-order valence-corrected chi connectivity index (χ1v) is 8.83. The molecule has 128 valence electrons. The van der Waals surface area contributed by atoms with E-state index >= 15 is 0 Å². The van der Waals surface area contributed by atoms with Crippen LogP contribution in [0.4, 0.5) is 0 Å². The summed E-state index contributed by atoms with van der Waals surface area (Å²) in [5, 5.41) is 1.09. The summed E-state index contributed by atoms with van der Waals surface area (Å²) >= 11 is 0. The quantitative estimate of drug-likeness (QED) is 0.735. The van der Waals surface area contributed by atoms with Gasteiger partial charge in [0.1, 0.15) is 0 Å². The Bertz CT molecular complexity index is 953. The third-order valence-corrected chi connectivity index (χ3v) is 5.17. The van der Waals surface area contributed by atoms with Crippen molar-refractivity contribution in [3.8, 4) is 0 Å². The van der Waals surface area contributed by atoms with Crippen LogP contribution in [0, 0.1) is 13.8 Å². The van der Waals surface area contributed by atoms with Gasteiger partial charge in [-0.3, -0.25) is 9.78 Å². The van der Waals surface area contributed by atoms with Crippen molar-refractivity contribution in [2.45, 2.75) is 33.2 Å². The lowest BCUT2D eigenvalue weighted by Gasteiger charge is -2.24. The summed E-state index contributed by atoms with van der Waals surface area (Å²) in [6, 6.07) is 10.6. The van der Waals surface area contributed by atoms with Crippen LogP contribution in [0.3, 0.4) is 0 Å². The molecule has 1 aliphatic heterocycles. The number of nitrogens with zero attached hydrogens (tertiary/aromatic N) is 3. The Kier molecular flexibility index (Phi) is 3.83. The van der Waals surface area contributed by atoms with Gasteiger partial charge in [0.25, 0.3) is 5.91 Å². The molecule has 3 aromatic rings. The standard InChI is InChI=1S/C21H23N3O/c1-14-4-7-18-17(12-14)20-19(9-10-23(3)21(20)25)24(18)11-8-16-6-5-15(2)22-13-16/h4-7,12-13H,8-11H2,1-3H3. The van der Waals surface area contributed by atoms with Crippen molar-refractivity contribution in [2.75, 3.05) is 13.6 Å². The number of hydrogen-bond acceptors (Lipinski definition) is 2. The van der Waals surface area contributed by atoms with Gasteiger partial charge in [-0.15, -0.1) is 0 Å². The van der Waals surface area contributed by atoms with E-state index in [0.717, 1.165) is 42.6 Å². The predicted molar refractivity (Wildman–Crippen MR) is 100 cm³/mol. The molecule has 2 aromatic heterocycles. The van der Waals surface area contributed by atoms with E-state index in [1.54, 1.807) is 0 Å². The van der Waals surface area contributed by atoms with Gasteiger partial charge in [0, 0.05) is 55.0 Å². The van der Waals surface area contributed by atoms with Crippen LogP contribution in [0.25, 0.3) is 10.9 Å². The van der Waals surface area contributed by atoms with Gasteiger partial charge < -0.3 is 9.47 Å². The molecule has 1 aliphatic rings. The van der Waals surface area contributed by atoms with Crippen LogP contribution in [0.15, 0.2) is 36.5 Å². The zero-order valence-electron chi connectivity index (χ0n) is 15.0. The largest absolute Gasteiger partial charge is 0.343 e. The van der Waals surface area contributed by atoms with Crippen LogP contribution in [-0.4, -0.2) is 34.0 Å². The Morgan fingerprint density at radius 1 is 1.16 bits per heavy atom. The molecule has 0 saturated carbocycles. The molecular weight excluding hydrogens is 310 g/mol. The first-order valence-electron chi connectivity index (χ1n) is 8.83. The maximum atomic E-state index is 12.8. The predicted octanol–water partition coefficient (Wildman–Crippen LogP) is 3.52. The maximum Gasteiger partial charge on any atom is 0.256 e. The molecule has 0 bridgehead atoms. The Morgan fingerprint density at radius 3 is 2.76 bits per heavy atom. The van der Waals surface area contributed by atoms with Gasteiger partial charge in [-0.25, -0.2) is 0 Å². The van der Waals surface area contributed by atoms with E-state index in [2.05, 4.69) is 46.8 Å². The lowest BCUT2D eigenvalue weighted by atomic mass is 10.0. The van der Waals surface area contributed by atoms with Crippen molar-refractivity contribution in [3.63, 3.8) is 0 Å². The summed E-state index contributed by atoms with van der Waals surface area (Å²) in [5.41, 5.74) is 6.71. The SMILES string of the molecule is Cc1ccc2c(c1)c1c(n2CCc2ccc(C)nc2)CCN(C)C1=O. The molecule has 1 aromatic carbocycles. The van der Waals surface area contributed by atoms with Crippen molar-refractivity contribution in [2.24, 2.45) is 0 Å². The molecule has 4 heteroatoms. The van der Waals surface area contributed by atoms with Gasteiger partial charge >= 0.3 is 0 Å². The highest BCUT2D eigenvalue weighted by atomic mass is 16.2. The zero-order chi connectivity index (χ0) is 17.6. The number of carbonyl (C=O) groups excluding carboxylic acids is 1. The second-order valence-corrected chi connectivity index (χ2v) is 7.03. The third kappa shape index (κ3) is 2.72. The van der Waals surface area contributed by atoms with Gasteiger partial charge in [-0.1, -0.05) is 17.7 Å². The third-order valence-electron chi connectivity index (χ3n) is 5.17. The van der Waals surface area contributed by atoms with Crippen LogP contribution in [0.2, 0.25) is 0 Å². The molecule has 0 fully saturated rings. The average Bonchev–Trinajstić information content (AvgIpc) is 2.91. The first-order chi connectivity index (χ1) is 12.0. The summed E-state index contributed by atoms with van der Waals surface area (Å²) in [5.74, 6) is 0.146. The van der Waals surface area contributed by atoms with E-state index in [1.165, 1.54) is 22.3 Å². The minimum atomic E-state index is 0.146. The summed E-state index contributed by atoms with van der Waals surface area (Å²) in [6.07, 6.45) is 3.79. The normalized spacial score (nSPS) is 14.2. The summed E-state index contributed by atoms with van der Waals surface area (Å²) in [6.45, 7) is 5.74. The number of fused-ring (bicyclic) bond motifs is 3. The fourth-order valence-corrected chi connectivity index (χ4v) is 3.73. The van der Waals surface area contributed by atoms with Gasteiger partial charge in [0.2, 0.25) is 0 Å². The Labute approximate surface area is 148 Å². The molecule has 4 rings (SSSR count). The van der Waals surface area contributed by atoms with Crippen molar-refractivity contribution in [1.29, 1.82) is 0 Å². The van der Waals surface area contributed by atoms with E-state index < -0.39 is 0 Å². The number of pyridine rings is 1. The van der Waals surface area contributed by atoms with Crippen LogP contribution >= 0.6 is 0 Å². The minimum Gasteiger partial charge on any atom is -0.343 e. The molecule has 4 nitrogen and oxygen atoms in total. The van der Waals surface area contributed by atoms with Crippen molar-refractivity contribution in [1.82, 2.24) is 14.5 Å². The van der Waals surface area contributed by atoms with E-state index in [1.807, 2.05) is 25.1 Å². The smallest absolute Gasteiger partial charge is 0.256 e. The highest BCUT2D eigenvalue weighted by molar-refractivity contribution is 6.09. The summed E-state index contributed by atoms with van der Waals surface area (Å²) in [7, 11) is 1.89. The van der Waals surface area contributed by atoms with Crippen LogP contribution in [-0.2, 0) is 19.4 Å². The molecule has 0 radical (unpaired) electrons. The molecule has 0 spiro atoms. The fraction of sp³-hybridized carbons (Fsp3) is 0.333. The number of aromatic nitrogens is 2. The van der Waals surface area contributed by atoms with Crippen LogP contribution in [0.5, 0.6) is 0 Å². The lowest BCUT2D eigenvalue weighted by Crippen LogP contribution is -2.34. The van der Waals surface area contributed by atoms with Crippen molar-refractivity contribution >= 4 is 16.8 Å². The zero-order valence-corrected chi connectivity index (χ0v) is 15.0. The second kappa shape index (κ2) is 6.03. The van der Waals surface area contributed by atoms with E-state index in [-0.39, 0.29) is 5.91 Å². The molecule has 0 saturated heterocycles. The Balaban J connectivity index is 1.78. The second-order valence-electron chi connectivity index (χ2n) is 7.03. The Morgan fingerprint density at radius 2 is 2.00 bits per heavy atom. The van der Waals surface area contributed by atoms with Crippen molar-refractivity contribution < 1.29 is 4.79 Å². The van der Waals surface area contributed by atoms with Gasteiger partial charge in [-0.05, 0) is 44.0 Å². The molecule has 0 N–H and O–H groups in total. The average molecular weight is 333 g/mol. The molecule has 3 heterocycles. The highest BCUT2D eigenvalue weighted by Crippen LogP contribution is 2.31. The minimum absolute atomic E-state index is 0.146. The number of hydrogen-bond donors (Lipinski definition) is 0. The van der Waals surface area contributed by atoms with E-state index in [0.29, 0.717) is 0 Å². The topological polar surface area (TPSA) is 38.1 Å². The summed E-state index contributed by atoms with van der Waals surface area (Å²) < 4.78 is 2.34. The monoisotopic (exact) mass is 333 g/mol. The number of amides is 1. The molecule has 1 amide bonds. The van der Waals surface area contributed by atoms with Crippen LogP contribution in [0.1, 0.15) is 32.9 Å². The molecule has 25 heavy (non-hydrogen) atoms. The van der Waals surface area contributed by atoms with Crippen LogP contribution < -0.4 is 0 Å². The van der Waals surface area contributed by atoms with Crippen molar-refractivity contribution in [3.05, 3.63) is 64.6 Å². The van der Waals surface area contributed by atoms with Gasteiger partial charge in [0.15, 0.2) is 0 Å². The summed E-state index contributed by atoms with van der Waals surface area (Å²) in [4.78, 5) is 19.0. The fourth-order valence-electron chi connectivity index (χ4n) is 3.73. The number of benzene rings is 1. The lowest BCUT2D eigenvalue weighted by molar-refractivity contribution is 0.0781. The number of rotatable bonds is 3. The molecule has 0 aliphatic carbocycles. The number of aryl methyl sites for hydroxylation is 4. The van der Waals surface area contributed by atoms with E-state index in [9.17, 15) is 4.79 Å². The molecule has 0 atom stereocenters. The van der Waals surface area contributed by atoms with Gasteiger partial charge in [0.05, 0.1) is 5.56 Å². The number of carbonyl (C=O) groups is 1.